The molecule has 0 spiro atoms. The molecule has 0 aromatic carbocycles. The second kappa shape index (κ2) is 6.83. The number of aromatic nitrogens is 1. The number of hydrogen-bond acceptors (Lipinski definition) is 3. The van der Waals surface area contributed by atoms with Crippen molar-refractivity contribution >= 4 is 27.8 Å². The molecule has 2 rings (SSSR count). The number of amides is 1. The third-order valence-corrected chi connectivity index (χ3v) is 3.96. The summed E-state index contributed by atoms with van der Waals surface area (Å²) in [5, 5.41) is 8.73. The van der Waals surface area contributed by atoms with E-state index in [4.69, 9.17) is 5.11 Å². The van der Waals surface area contributed by atoms with Gasteiger partial charge in [-0.15, -0.1) is 0 Å². The largest absolute Gasteiger partial charge is 0.481 e. The average Bonchev–Trinajstić information content (AvgIpc) is 2.44. The maximum Gasteiger partial charge on any atom is 0.303 e. The van der Waals surface area contributed by atoms with Crippen LogP contribution in [0.1, 0.15) is 36.0 Å². The Morgan fingerprint density at radius 2 is 2.25 bits per heavy atom. The summed E-state index contributed by atoms with van der Waals surface area (Å²) in [5.74, 6) is -0.521. The number of carbonyl (C=O) groups is 2. The van der Waals surface area contributed by atoms with Crippen LogP contribution in [0, 0.1) is 5.92 Å². The first-order valence-electron chi connectivity index (χ1n) is 6.68. The van der Waals surface area contributed by atoms with Crippen LogP contribution in [-0.4, -0.2) is 40.0 Å². The van der Waals surface area contributed by atoms with Gasteiger partial charge >= 0.3 is 5.97 Å². The topological polar surface area (TPSA) is 70.5 Å². The molecule has 1 aromatic rings. The van der Waals surface area contributed by atoms with Crippen molar-refractivity contribution in [3.05, 3.63) is 28.5 Å². The van der Waals surface area contributed by atoms with Gasteiger partial charge in [0.1, 0.15) is 0 Å². The van der Waals surface area contributed by atoms with E-state index in [9.17, 15) is 9.59 Å². The Morgan fingerprint density at radius 3 is 2.95 bits per heavy atom. The van der Waals surface area contributed by atoms with E-state index >= 15 is 0 Å². The van der Waals surface area contributed by atoms with E-state index < -0.39 is 5.97 Å². The third kappa shape index (κ3) is 4.03. The highest BCUT2D eigenvalue weighted by molar-refractivity contribution is 9.10. The van der Waals surface area contributed by atoms with E-state index in [0.717, 1.165) is 23.9 Å². The van der Waals surface area contributed by atoms with Crippen LogP contribution in [0.4, 0.5) is 0 Å². The molecule has 1 aliphatic heterocycles. The molecule has 1 aliphatic rings. The summed E-state index contributed by atoms with van der Waals surface area (Å²) in [4.78, 5) is 28.8. The number of likely N-dealkylation sites (tertiary alicyclic amines) is 1. The minimum atomic E-state index is -0.773. The Hall–Kier alpha value is -1.43. The van der Waals surface area contributed by atoms with E-state index in [1.54, 1.807) is 23.4 Å². The fraction of sp³-hybridized carbons (Fsp3) is 0.500. The molecule has 6 heteroatoms. The van der Waals surface area contributed by atoms with Crippen molar-refractivity contribution in [2.45, 2.75) is 25.7 Å². The highest BCUT2D eigenvalue weighted by Crippen LogP contribution is 2.23. The standard InChI is InChI=1S/C14H17BrN2O3/c15-12-6-11(7-16-8-12)14(20)17-5-1-2-10(9-17)3-4-13(18)19/h6-8,10H,1-5,9H2,(H,18,19)/t10-/m1/s1. The number of carboxylic acids is 1. The second-order valence-corrected chi connectivity index (χ2v) is 6.00. The molecular formula is C14H17BrN2O3. The summed E-state index contributed by atoms with van der Waals surface area (Å²) in [7, 11) is 0. The van der Waals surface area contributed by atoms with Gasteiger partial charge in [-0.05, 0) is 47.2 Å². The lowest BCUT2D eigenvalue weighted by Crippen LogP contribution is -2.40. The van der Waals surface area contributed by atoms with Crippen molar-refractivity contribution in [1.29, 1.82) is 0 Å². The molecule has 108 valence electrons. The number of carbonyl (C=O) groups excluding carboxylic acids is 1. The van der Waals surface area contributed by atoms with Crippen LogP contribution >= 0.6 is 15.9 Å². The lowest BCUT2D eigenvalue weighted by molar-refractivity contribution is -0.137. The van der Waals surface area contributed by atoms with Gasteiger partial charge in [0.15, 0.2) is 0 Å². The minimum Gasteiger partial charge on any atom is -0.481 e. The number of pyridine rings is 1. The van der Waals surface area contributed by atoms with Gasteiger partial charge in [0.05, 0.1) is 5.56 Å². The number of hydrogen-bond donors (Lipinski definition) is 1. The Balaban J connectivity index is 1.98. The summed E-state index contributed by atoms with van der Waals surface area (Å²) in [6.07, 6.45) is 5.93. The van der Waals surface area contributed by atoms with E-state index in [2.05, 4.69) is 20.9 Å². The average molecular weight is 341 g/mol. The molecule has 1 N–H and O–H groups in total. The van der Waals surface area contributed by atoms with E-state index in [-0.39, 0.29) is 18.2 Å². The van der Waals surface area contributed by atoms with Gasteiger partial charge in [0.25, 0.3) is 5.91 Å². The van der Waals surface area contributed by atoms with Gasteiger partial charge < -0.3 is 10.0 Å². The number of rotatable bonds is 4. The minimum absolute atomic E-state index is 0.0289. The number of carboxylic acid groups (broad SMARTS) is 1. The number of halogens is 1. The number of nitrogens with zero attached hydrogens (tertiary/aromatic N) is 2. The smallest absolute Gasteiger partial charge is 0.303 e. The van der Waals surface area contributed by atoms with E-state index in [1.165, 1.54) is 0 Å². The Labute approximate surface area is 126 Å². The summed E-state index contributed by atoms with van der Waals surface area (Å²) in [5.41, 5.74) is 0.568. The van der Waals surface area contributed by atoms with Gasteiger partial charge in [0.2, 0.25) is 0 Å². The van der Waals surface area contributed by atoms with Gasteiger partial charge in [-0.25, -0.2) is 0 Å². The molecule has 1 fully saturated rings. The van der Waals surface area contributed by atoms with Crippen molar-refractivity contribution in [3.63, 3.8) is 0 Å². The Morgan fingerprint density at radius 1 is 1.45 bits per heavy atom. The van der Waals surface area contributed by atoms with E-state index in [1.807, 2.05) is 0 Å². The van der Waals surface area contributed by atoms with Gasteiger partial charge in [0, 0.05) is 36.4 Å². The molecule has 0 radical (unpaired) electrons. The van der Waals surface area contributed by atoms with Crippen molar-refractivity contribution in [1.82, 2.24) is 9.88 Å². The predicted octanol–water partition coefficient (Wildman–Crippen LogP) is 2.56. The number of piperidine rings is 1. The van der Waals surface area contributed by atoms with Gasteiger partial charge in [-0.1, -0.05) is 0 Å². The maximum atomic E-state index is 12.4. The van der Waals surface area contributed by atoms with Crippen LogP contribution in [0.2, 0.25) is 0 Å². The highest BCUT2D eigenvalue weighted by Gasteiger charge is 2.25. The van der Waals surface area contributed by atoms with Crippen LogP contribution in [0.5, 0.6) is 0 Å². The van der Waals surface area contributed by atoms with Crippen LogP contribution in [-0.2, 0) is 4.79 Å². The van der Waals surface area contributed by atoms with E-state index in [0.29, 0.717) is 18.5 Å². The zero-order valence-corrected chi connectivity index (χ0v) is 12.7. The molecule has 0 unspecified atom stereocenters. The first kappa shape index (κ1) is 15.0. The lowest BCUT2D eigenvalue weighted by atomic mass is 9.93. The summed E-state index contributed by atoms with van der Waals surface area (Å²) in [6, 6.07) is 1.76. The molecule has 1 atom stereocenters. The van der Waals surface area contributed by atoms with Crippen molar-refractivity contribution in [3.8, 4) is 0 Å². The summed E-state index contributed by atoms with van der Waals surface area (Å²) < 4.78 is 0.780. The van der Waals surface area contributed by atoms with Gasteiger partial charge in [-0.3, -0.25) is 14.6 Å². The summed E-state index contributed by atoms with van der Waals surface area (Å²) >= 11 is 3.31. The molecular weight excluding hydrogens is 324 g/mol. The van der Waals surface area contributed by atoms with Crippen LogP contribution in [0.3, 0.4) is 0 Å². The van der Waals surface area contributed by atoms with Crippen LogP contribution in [0.25, 0.3) is 0 Å². The van der Waals surface area contributed by atoms with Crippen molar-refractivity contribution in [2.24, 2.45) is 5.92 Å². The SMILES string of the molecule is O=C(O)CC[C@H]1CCCN(C(=O)c2cncc(Br)c2)C1. The fourth-order valence-corrected chi connectivity index (χ4v) is 2.89. The Kier molecular flexibility index (Phi) is 5.11. The molecule has 5 nitrogen and oxygen atoms in total. The predicted molar refractivity (Wildman–Crippen MR) is 77.4 cm³/mol. The molecule has 1 aromatic heterocycles. The maximum absolute atomic E-state index is 12.4. The second-order valence-electron chi connectivity index (χ2n) is 5.08. The third-order valence-electron chi connectivity index (χ3n) is 3.52. The molecule has 1 saturated heterocycles. The van der Waals surface area contributed by atoms with Crippen LogP contribution in [0.15, 0.2) is 22.9 Å². The molecule has 0 bridgehead atoms. The van der Waals surface area contributed by atoms with Crippen molar-refractivity contribution in [2.75, 3.05) is 13.1 Å². The van der Waals surface area contributed by atoms with Crippen molar-refractivity contribution < 1.29 is 14.7 Å². The van der Waals surface area contributed by atoms with Crippen LogP contribution < -0.4 is 0 Å². The van der Waals surface area contributed by atoms with Gasteiger partial charge in [-0.2, -0.15) is 0 Å². The zero-order valence-electron chi connectivity index (χ0n) is 11.1. The first-order chi connectivity index (χ1) is 9.56. The molecule has 0 aliphatic carbocycles. The Bertz CT molecular complexity index is 507. The first-order valence-corrected chi connectivity index (χ1v) is 7.47. The normalized spacial score (nSPS) is 18.9. The lowest BCUT2D eigenvalue weighted by Gasteiger charge is -2.32. The monoisotopic (exact) mass is 340 g/mol. The molecule has 2 heterocycles. The molecule has 1 amide bonds. The number of aliphatic carboxylic acids is 1. The highest BCUT2D eigenvalue weighted by atomic mass is 79.9. The quantitative estimate of drug-likeness (QED) is 0.914. The molecule has 0 saturated carbocycles. The summed E-state index contributed by atoms with van der Waals surface area (Å²) in [6.45, 7) is 1.37. The zero-order chi connectivity index (χ0) is 14.5. The fourth-order valence-electron chi connectivity index (χ4n) is 2.52. The molecule has 20 heavy (non-hydrogen) atoms.